The van der Waals surface area contributed by atoms with E-state index in [0.29, 0.717) is 0 Å². The van der Waals surface area contributed by atoms with Crippen molar-refractivity contribution in [2.75, 3.05) is 59.4 Å². The largest absolute Gasteiger partial charge is 0.357 e. The molecule has 0 atom stereocenters. The molecule has 136 valence electrons. The van der Waals surface area contributed by atoms with Gasteiger partial charge in [-0.15, -0.1) is 0 Å². The van der Waals surface area contributed by atoms with Crippen molar-refractivity contribution in [3.63, 3.8) is 0 Å². The van der Waals surface area contributed by atoms with Gasteiger partial charge in [0.25, 0.3) is 0 Å². The normalized spacial score (nSPS) is 18.2. The average molecular weight is 326 g/mol. The average Bonchev–Trinajstić information content (AvgIpc) is 2.72. The van der Waals surface area contributed by atoms with E-state index in [0.717, 1.165) is 37.9 Å². The van der Waals surface area contributed by atoms with Crippen molar-refractivity contribution >= 4 is 5.96 Å². The maximum Gasteiger partial charge on any atom is 0.191 e. The van der Waals surface area contributed by atoms with Gasteiger partial charge in [-0.1, -0.05) is 13.8 Å². The molecule has 1 heterocycles. The number of guanidine groups is 1. The molecule has 0 radical (unpaired) electrons. The summed E-state index contributed by atoms with van der Waals surface area (Å²) in [6, 6.07) is 0. The van der Waals surface area contributed by atoms with Gasteiger partial charge in [-0.25, -0.2) is 0 Å². The van der Waals surface area contributed by atoms with Gasteiger partial charge in [-0.3, -0.25) is 4.99 Å². The minimum Gasteiger partial charge on any atom is -0.357 e. The number of nitrogens with zero attached hydrogens (tertiary/aromatic N) is 3. The first-order chi connectivity index (χ1) is 11.1. The number of nitrogens with one attached hydrogen (secondary N) is 2. The second-order valence-electron chi connectivity index (χ2n) is 7.08. The summed E-state index contributed by atoms with van der Waals surface area (Å²) in [6.07, 6.45) is 4.92. The Bertz CT molecular complexity index is 317. The van der Waals surface area contributed by atoms with Crippen LogP contribution in [-0.2, 0) is 0 Å². The second-order valence-corrected chi connectivity index (χ2v) is 7.08. The lowest BCUT2D eigenvalue weighted by molar-refractivity contribution is 0.275. The van der Waals surface area contributed by atoms with Crippen molar-refractivity contribution in [3.05, 3.63) is 0 Å². The number of hydrogen-bond donors (Lipinski definition) is 2. The third-order valence-electron chi connectivity index (χ3n) is 4.31. The van der Waals surface area contributed by atoms with Crippen LogP contribution in [0.15, 0.2) is 4.99 Å². The molecule has 1 aliphatic heterocycles. The monoisotopic (exact) mass is 325 g/mol. The highest BCUT2D eigenvalue weighted by molar-refractivity contribution is 5.79. The van der Waals surface area contributed by atoms with Crippen molar-refractivity contribution in [2.24, 2.45) is 10.9 Å². The predicted molar refractivity (Wildman–Crippen MR) is 101 cm³/mol. The molecule has 0 spiro atoms. The zero-order valence-electron chi connectivity index (χ0n) is 15.9. The van der Waals surface area contributed by atoms with Crippen LogP contribution in [0.2, 0.25) is 0 Å². The van der Waals surface area contributed by atoms with Gasteiger partial charge < -0.3 is 20.4 Å². The summed E-state index contributed by atoms with van der Waals surface area (Å²) in [5.41, 5.74) is 0. The van der Waals surface area contributed by atoms with E-state index in [-0.39, 0.29) is 0 Å². The van der Waals surface area contributed by atoms with Gasteiger partial charge >= 0.3 is 0 Å². The first-order valence-corrected chi connectivity index (χ1v) is 9.55. The van der Waals surface area contributed by atoms with Gasteiger partial charge in [0.05, 0.1) is 0 Å². The first-order valence-electron chi connectivity index (χ1n) is 9.55. The van der Waals surface area contributed by atoms with E-state index in [4.69, 9.17) is 4.99 Å². The van der Waals surface area contributed by atoms with Gasteiger partial charge in [-0.2, -0.15) is 0 Å². The molecule has 0 amide bonds. The lowest BCUT2D eigenvalue weighted by atomic mass is 10.1. The van der Waals surface area contributed by atoms with E-state index in [1.54, 1.807) is 0 Å². The zero-order valence-corrected chi connectivity index (χ0v) is 15.9. The quantitative estimate of drug-likeness (QED) is 0.387. The smallest absolute Gasteiger partial charge is 0.191 e. The van der Waals surface area contributed by atoms with Crippen LogP contribution < -0.4 is 10.6 Å². The van der Waals surface area contributed by atoms with E-state index in [1.165, 1.54) is 52.0 Å². The molecule has 1 fully saturated rings. The Morgan fingerprint density at radius 2 is 1.91 bits per heavy atom. The minimum atomic E-state index is 0.781. The third kappa shape index (κ3) is 10.6. The maximum atomic E-state index is 4.71. The van der Waals surface area contributed by atoms with E-state index in [2.05, 4.69) is 48.3 Å². The Morgan fingerprint density at radius 1 is 1.09 bits per heavy atom. The molecular weight excluding hydrogens is 286 g/mol. The van der Waals surface area contributed by atoms with Crippen LogP contribution >= 0.6 is 0 Å². The molecular formula is C18H39N5. The van der Waals surface area contributed by atoms with Crippen molar-refractivity contribution in [1.82, 2.24) is 20.4 Å². The summed E-state index contributed by atoms with van der Waals surface area (Å²) < 4.78 is 0. The molecule has 0 aromatic rings. The SMILES string of the molecule is CCNC(=NCCCN1CCCN(C)CC1)NCCCC(C)C. The topological polar surface area (TPSA) is 42.9 Å². The highest BCUT2D eigenvalue weighted by Crippen LogP contribution is 2.02. The first kappa shape index (κ1) is 20.2. The molecule has 23 heavy (non-hydrogen) atoms. The van der Waals surface area contributed by atoms with E-state index in [9.17, 15) is 0 Å². The molecule has 0 saturated carbocycles. The molecule has 0 bridgehead atoms. The second kappa shape index (κ2) is 12.6. The van der Waals surface area contributed by atoms with Gasteiger partial charge in [-0.05, 0) is 65.2 Å². The van der Waals surface area contributed by atoms with Crippen LogP contribution in [0.4, 0.5) is 0 Å². The summed E-state index contributed by atoms with van der Waals surface area (Å²) in [4.78, 5) is 9.73. The molecule has 5 nitrogen and oxygen atoms in total. The lowest BCUT2D eigenvalue weighted by Gasteiger charge is -2.19. The molecule has 0 aliphatic carbocycles. The highest BCUT2D eigenvalue weighted by Gasteiger charge is 2.11. The standard InChI is InChI=1S/C18H39N5/c1-5-19-18(20-10-6-9-17(2)3)21-11-7-13-23-14-8-12-22(4)15-16-23/h17H,5-16H2,1-4H3,(H2,19,20,21). The number of hydrogen-bond acceptors (Lipinski definition) is 3. The molecule has 1 aliphatic rings. The van der Waals surface area contributed by atoms with Crippen LogP contribution in [0, 0.1) is 5.92 Å². The molecule has 5 heteroatoms. The lowest BCUT2D eigenvalue weighted by Crippen LogP contribution is -2.38. The van der Waals surface area contributed by atoms with E-state index < -0.39 is 0 Å². The summed E-state index contributed by atoms with van der Waals surface area (Å²) in [7, 11) is 2.22. The number of aliphatic imine (C=N–C) groups is 1. The van der Waals surface area contributed by atoms with Crippen molar-refractivity contribution < 1.29 is 0 Å². The Kier molecular flexibility index (Phi) is 11.1. The fraction of sp³-hybridized carbons (Fsp3) is 0.944. The third-order valence-corrected chi connectivity index (χ3v) is 4.31. The fourth-order valence-corrected chi connectivity index (χ4v) is 2.87. The van der Waals surface area contributed by atoms with Crippen LogP contribution in [0.3, 0.4) is 0 Å². The van der Waals surface area contributed by atoms with Gasteiger partial charge in [0.15, 0.2) is 5.96 Å². The van der Waals surface area contributed by atoms with Crippen molar-refractivity contribution in [2.45, 2.75) is 46.5 Å². The fourth-order valence-electron chi connectivity index (χ4n) is 2.87. The van der Waals surface area contributed by atoms with Gasteiger partial charge in [0.2, 0.25) is 0 Å². The van der Waals surface area contributed by atoms with Crippen molar-refractivity contribution in [3.8, 4) is 0 Å². The van der Waals surface area contributed by atoms with Crippen LogP contribution in [-0.4, -0.2) is 75.2 Å². The predicted octanol–water partition coefficient (Wildman–Crippen LogP) is 2.01. The van der Waals surface area contributed by atoms with E-state index >= 15 is 0 Å². The number of likely N-dealkylation sites (N-methyl/N-ethyl adjacent to an activating group) is 1. The van der Waals surface area contributed by atoms with E-state index in [1.807, 2.05) is 0 Å². The highest BCUT2D eigenvalue weighted by atomic mass is 15.2. The molecule has 0 unspecified atom stereocenters. The Hall–Kier alpha value is -0.810. The molecule has 2 N–H and O–H groups in total. The van der Waals surface area contributed by atoms with Crippen LogP contribution in [0.1, 0.15) is 46.5 Å². The molecule has 0 aromatic heterocycles. The maximum absolute atomic E-state index is 4.71. The van der Waals surface area contributed by atoms with Crippen molar-refractivity contribution in [1.29, 1.82) is 0 Å². The number of rotatable bonds is 9. The van der Waals surface area contributed by atoms with Gasteiger partial charge in [0, 0.05) is 32.7 Å². The molecule has 1 saturated heterocycles. The summed E-state index contributed by atoms with van der Waals surface area (Å²) >= 11 is 0. The Balaban J connectivity index is 2.19. The zero-order chi connectivity index (χ0) is 16.9. The minimum absolute atomic E-state index is 0.781. The summed E-state index contributed by atoms with van der Waals surface area (Å²) in [5, 5.41) is 6.79. The molecule has 0 aromatic carbocycles. The van der Waals surface area contributed by atoms with Crippen LogP contribution in [0.5, 0.6) is 0 Å². The Morgan fingerprint density at radius 3 is 2.65 bits per heavy atom. The van der Waals surface area contributed by atoms with Gasteiger partial charge in [0.1, 0.15) is 0 Å². The molecule has 1 rings (SSSR count). The van der Waals surface area contributed by atoms with Crippen LogP contribution in [0.25, 0.3) is 0 Å². The summed E-state index contributed by atoms with van der Waals surface area (Å²) in [6.45, 7) is 15.6. The Labute approximate surface area is 143 Å². The summed E-state index contributed by atoms with van der Waals surface area (Å²) in [5.74, 6) is 1.76.